The number of rotatable bonds is 7. The minimum atomic E-state index is -0.524. The quantitative estimate of drug-likeness (QED) is 0.408. The van der Waals surface area contributed by atoms with E-state index in [0.29, 0.717) is 12.8 Å². The van der Waals surface area contributed by atoms with Gasteiger partial charge in [-0.2, -0.15) is 0 Å². The maximum absolute atomic E-state index is 12.0. The van der Waals surface area contributed by atoms with E-state index in [0.717, 1.165) is 12.0 Å². The van der Waals surface area contributed by atoms with Crippen LogP contribution in [0.15, 0.2) is 35.4 Å². The lowest BCUT2D eigenvalue weighted by Crippen LogP contribution is -2.25. The van der Waals surface area contributed by atoms with Crippen LogP contribution in [0.1, 0.15) is 32.3 Å². The van der Waals surface area contributed by atoms with Crippen molar-refractivity contribution >= 4 is 5.78 Å². The summed E-state index contributed by atoms with van der Waals surface area (Å²) in [5, 5.41) is 3.64. The second kappa shape index (κ2) is 7.51. The Labute approximate surface area is 108 Å². The summed E-state index contributed by atoms with van der Waals surface area (Å²) < 4.78 is 0. The summed E-state index contributed by atoms with van der Waals surface area (Å²) in [4.78, 5) is 14.8. The molecule has 0 aliphatic heterocycles. The maximum atomic E-state index is 12.0. The van der Waals surface area contributed by atoms with E-state index in [1.807, 2.05) is 44.2 Å². The standard InChI is InChI=1S/C14H19N3O/c1-3-11(2)14(16-17-15)13(18)10-9-12-7-5-4-6-8-12/h4-8,11,14H,3,9-10H2,1-2H3/t11?,14-/m0/s1. The van der Waals surface area contributed by atoms with Gasteiger partial charge in [0.05, 0.1) is 6.04 Å². The van der Waals surface area contributed by atoms with Crippen LogP contribution in [0.3, 0.4) is 0 Å². The number of azide groups is 1. The van der Waals surface area contributed by atoms with Crippen molar-refractivity contribution < 1.29 is 4.79 Å². The first-order valence-corrected chi connectivity index (χ1v) is 6.29. The van der Waals surface area contributed by atoms with Crippen molar-refractivity contribution in [3.8, 4) is 0 Å². The first kappa shape index (κ1) is 14.3. The fourth-order valence-electron chi connectivity index (χ4n) is 1.83. The number of Topliss-reactive ketones (excluding diaryl/α,β-unsaturated/α-hetero) is 1. The second-order valence-electron chi connectivity index (χ2n) is 4.49. The smallest absolute Gasteiger partial charge is 0.142 e. The van der Waals surface area contributed by atoms with Crippen LogP contribution < -0.4 is 0 Å². The molecule has 0 aliphatic rings. The van der Waals surface area contributed by atoms with Crippen LogP contribution in [0.4, 0.5) is 0 Å². The Kier molecular flexibility index (Phi) is 5.95. The van der Waals surface area contributed by atoms with Crippen molar-refractivity contribution in [1.82, 2.24) is 0 Å². The zero-order chi connectivity index (χ0) is 13.4. The van der Waals surface area contributed by atoms with Gasteiger partial charge in [-0.3, -0.25) is 4.79 Å². The number of hydrogen-bond acceptors (Lipinski definition) is 2. The number of hydrogen-bond donors (Lipinski definition) is 0. The molecule has 4 nitrogen and oxygen atoms in total. The highest BCUT2D eigenvalue weighted by Gasteiger charge is 2.21. The van der Waals surface area contributed by atoms with Crippen LogP contribution in [0, 0.1) is 5.92 Å². The third kappa shape index (κ3) is 4.22. The number of nitrogens with zero attached hydrogens (tertiary/aromatic N) is 3. The molecule has 0 bridgehead atoms. The van der Waals surface area contributed by atoms with Gasteiger partial charge in [-0.15, -0.1) is 0 Å². The predicted molar refractivity (Wildman–Crippen MR) is 72.2 cm³/mol. The molecule has 1 aromatic rings. The fraction of sp³-hybridized carbons (Fsp3) is 0.500. The molecule has 18 heavy (non-hydrogen) atoms. The van der Waals surface area contributed by atoms with Crippen molar-refractivity contribution in [3.63, 3.8) is 0 Å². The largest absolute Gasteiger partial charge is 0.299 e. The van der Waals surface area contributed by atoms with Gasteiger partial charge in [-0.1, -0.05) is 55.7 Å². The molecule has 96 valence electrons. The minimum Gasteiger partial charge on any atom is -0.299 e. The van der Waals surface area contributed by atoms with Gasteiger partial charge in [-0.05, 0) is 23.4 Å². The van der Waals surface area contributed by atoms with Gasteiger partial charge < -0.3 is 0 Å². The maximum Gasteiger partial charge on any atom is 0.142 e. The molecule has 1 aromatic carbocycles. The number of carbonyl (C=O) groups is 1. The average molecular weight is 245 g/mol. The van der Waals surface area contributed by atoms with Crippen molar-refractivity contribution in [2.75, 3.05) is 0 Å². The van der Waals surface area contributed by atoms with E-state index in [2.05, 4.69) is 10.0 Å². The van der Waals surface area contributed by atoms with E-state index in [1.54, 1.807) is 0 Å². The summed E-state index contributed by atoms with van der Waals surface area (Å²) >= 11 is 0. The monoisotopic (exact) mass is 245 g/mol. The second-order valence-corrected chi connectivity index (χ2v) is 4.49. The molecule has 0 aliphatic carbocycles. The van der Waals surface area contributed by atoms with Crippen LogP contribution in [-0.4, -0.2) is 11.8 Å². The molecule has 0 fully saturated rings. The summed E-state index contributed by atoms with van der Waals surface area (Å²) in [6, 6.07) is 9.34. The molecule has 0 saturated carbocycles. The van der Waals surface area contributed by atoms with Gasteiger partial charge in [0.2, 0.25) is 0 Å². The predicted octanol–water partition coefficient (Wildman–Crippen LogP) is 3.91. The van der Waals surface area contributed by atoms with Crippen LogP contribution in [0.25, 0.3) is 10.4 Å². The average Bonchev–Trinajstić information content (AvgIpc) is 2.42. The first-order valence-electron chi connectivity index (χ1n) is 6.29. The molecule has 0 radical (unpaired) electrons. The Balaban J connectivity index is 2.60. The molecular weight excluding hydrogens is 226 g/mol. The Morgan fingerprint density at radius 3 is 2.61 bits per heavy atom. The summed E-state index contributed by atoms with van der Waals surface area (Å²) in [5.74, 6) is 0.134. The third-order valence-corrected chi connectivity index (χ3v) is 3.19. The lowest BCUT2D eigenvalue weighted by atomic mass is 9.93. The Hall–Kier alpha value is -1.80. The zero-order valence-corrected chi connectivity index (χ0v) is 10.9. The van der Waals surface area contributed by atoms with E-state index in [9.17, 15) is 4.79 Å². The van der Waals surface area contributed by atoms with Gasteiger partial charge in [0.15, 0.2) is 0 Å². The summed E-state index contributed by atoms with van der Waals surface area (Å²) in [7, 11) is 0. The molecule has 1 unspecified atom stereocenters. The first-order chi connectivity index (χ1) is 8.69. The summed E-state index contributed by atoms with van der Waals surface area (Å²) in [5.41, 5.74) is 9.66. The molecule has 4 heteroatoms. The Morgan fingerprint density at radius 2 is 2.06 bits per heavy atom. The van der Waals surface area contributed by atoms with E-state index in [-0.39, 0.29) is 11.7 Å². The highest BCUT2D eigenvalue weighted by molar-refractivity contribution is 5.84. The number of benzene rings is 1. The van der Waals surface area contributed by atoms with E-state index >= 15 is 0 Å². The molecule has 0 spiro atoms. The normalized spacial score (nSPS) is 13.4. The van der Waals surface area contributed by atoms with Crippen molar-refractivity contribution in [1.29, 1.82) is 0 Å². The van der Waals surface area contributed by atoms with Crippen molar-refractivity contribution in [3.05, 3.63) is 46.3 Å². The van der Waals surface area contributed by atoms with Gasteiger partial charge in [0.25, 0.3) is 0 Å². The Bertz CT molecular complexity index is 424. The molecular formula is C14H19N3O. The lowest BCUT2D eigenvalue weighted by molar-refractivity contribution is -0.121. The van der Waals surface area contributed by atoms with Crippen LogP contribution in [-0.2, 0) is 11.2 Å². The van der Waals surface area contributed by atoms with Crippen LogP contribution >= 0.6 is 0 Å². The van der Waals surface area contributed by atoms with E-state index in [1.165, 1.54) is 0 Å². The third-order valence-electron chi connectivity index (χ3n) is 3.19. The van der Waals surface area contributed by atoms with Gasteiger partial charge in [0, 0.05) is 11.3 Å². The van der Waals surface area contributed by atoms with E-state index < -0.39 is 6.04 Å². The molecule has 0 N–H and O–H groups in total. The van der Waals surface area contributed by atoms with E-state index in [4.69, 9.17) is 5.53 Å². The fourth-order valence-corrected chi connectivity index (χ4v) is 1.83. The van der Waals surface area contributed by atoms with Gasteiger partial charge in [-0.25, -0.2) is 0 Å². The van der Waals surface area contributed by atoms with Crippen LogP contribution in [0.2, 0.25) is 0 Å². The van der Waals surface area contributed by atoms with Crippen molar-refractivity contribution in [2.24, 2.45) is 11.0 Å². The molecule has 0 aromatic heterocycles. The van der Waals surface area contributed by atoms with Gasteiger partial charge in [0.1, 0.15) is 5.78 Å². The molecule has 1 rings (SSSR count). The highest BCUT2D eigenvalue weighted by Crippen LogP contribution is 2.15. The molecule has 0 amide bonds. The lowest BCUT2D eigenvalue weighted by Gasteiger charge is -2.16. The number of ketones is 1. The molecule has 0 heterocycles. The zero-order valence-electron chi connectivity index (χ0n) is 10.9. The van der Waals surface area contributed by atoms with Crippen molar-refractivity contribution in [2.45, 2.75) is 39.2 Å². The minimum absolute atomic E-state index is 0.0333. The SMILES string of the molecule is CCC(C)[C@H](N=[N+]=[N-])C(=O)CCc1ccccc1. The number of aryl methyl sites for hydroxylation is 1. The highest BCUT2D eigenvalue weighted by atomic mass is 16.1. The number of carbonyl (C=O) groups excluding carboxylic acids is 1. The summed E-state index contributed by atoms with van der Waals surface area (Å²) in [6.07, 6.45) is 1.96. The topological polar surface area (TPSA) is 65.8 Å². The molecule has 2 atom stereocenters. The van der Waals surface area contributed by atoms with Gasteiger partial charge >= 0.3 is 0 Å². The summed E-state index contributed by atoms with van der Waals surface area (Å²) in [6.45, 7) is 3.94. The van der Waals surface area contributed by atoms with Crippen LogP contribution in [0.5, 0.6) is 0 Å². The molecule has 0 saturated heterocycles. The Morgan fingerprint density at radius 1 is 1.39 bits per heavy atom.